The average Bonchev–Trinajstić information content (AvgIpc) is 2.53. The quantitative estimate of drug-likeness (QED) is 0.575. The first kappa shape index (κ1) is 16.0. The Labute approximate surface area is 125 Å². The number of rotatable bonds is 5. The predicted octanol–water partition coefficient (Wildman–Crippen LogP) is 0.0764. The van der Waals surface area contributed by atoms with Crippen LogP contribution < -0.4 is 5.43 Å². The second-order valence-electron chi connectivity index (χ2n) is 5.39. The maximum atomic E-state index is 12.1. The van der Waals surface area contributed by atoms with Gasteiger partial charge >= 0.3 is 6.03 Å². The number of carbonyl (C=O) groups is 1. The molecule has 2 aliphatic heterocycles. The van der Waals surface area contributed by atoms with Crippen molar-refractivity contribution in [3.05, 3.63) is 6.08 Å². The number of ether oxygens (including phenoxy) is 1. The SMILES string of the molecule is O=C=CCOCN1CCN(C(=O)NN2CCCCC2)CC1. The van der Waals surface area contributed by atoms with Crippen LogP contribution >= 0.6 is 0 Å². The lowest BCUT2D eigenvalue weighted by atomic mass is 10.2. The fourth-order valence-corrected chi connectivity index (χ4v) is 2.57. The average molecular weight is 296 g/mol. The standard InChI is InChI=1S/C14H24N4O3/c19-11-4-12-21-13-16-7-9-17(10-8-16)14(20)15-18-5-2-1-3-6-18/h4H,1-3,5-10,12-13H2,(H,15,20). The van der Waals surface area contributed by atoms with Gasteiger partial charge in [0.1, 0.15) is 5.94 Å². The molecule has 2 rings (SSSR count). The molecule has 118 valence electrons. The maximum absolute atomic E-state index is 12.1. The van der Waals surface area contributed by atoms with Crippen molar-refractivity contribution in [3.8, 4) is 0 Å². The molecule has 0 saturated carbocycles. The Bertz CT molecular complexity index is 370. The van der Waals surface area contributed by atoms with Crippen LogP contribution in [0.25, 0.3) is 0 Å². The van der Waals surface area contributed by atoms with Gasteiger partial charge in [-0.3, -0.25) is 10.3 Å². The fraction of sp³-hybridized carbons (Fsp3) is 0.786. The number of nitrogens with zero attached hydrogens (tertiary/aromatic N) is 3. The number of hydrogen-bond acceptors (Lipinski definition) is 5. The van der Waals surface area contributed by atoms with Gasteiger partial charge in [0.2, 0.25) is 0 Å². The van der Waals surface area contributed by atoms with Crippen LogP contribution in [0.2, 0.25) is 0 Å². The Morgan fingerprint density at radius 1 is 1.10 bits per heavy atom. The van der Waals surface area contributed by atoms with Crippen LogP contribution in [0.1, 0.15) is 19.3 Å². The van der Waals surface area contributed by atoms with E-state index in [1.54, 1.807) is 5.94 Å². The number of hydrazine groups is 1. The van der Waals surface area contributed by atoms with Crippen molar-refractivity contribution in [2.24, 2.45) is 0 Å². The van der Waals surface area contributed by atoms with Crippen LogP contribution in [0.15, 0.2) is 6.08 Å². The van der Waals surface area contributed by atoms with Gasteiger partial charge in [0.05, 0.1) is 13.3 Å². The summed E-state index contributed by atoms with van der Waals surface area (Å²) in [6.07, 6.45) is 4.88. The third-order valence-corrected chi connectivity index (χ3v) is 3.83. The van der Waals surface area contributed by atoms with Crippen molar-refractivity contribution in [3.63, 3.8) is 0 Å². The molecule has 2 aliphatic rings. The number of urea groups is 1. The molecule has 0 aliphatic carbocycles. The summed E-state index contributed by atoms with van der Waals surface area (Å²) in [5.41, 5.74) is 2.99. The largest absolute Gasteiger partial charge is 0.361 e. The Morgan fingerprint density at radius 3 is 2.48 bits per heavy atom. The second-order valence-corrected chi connectivity index (χ2v) is 5.39. The molecule has 2 amide bonds. The van der Waals surface area contributed by atoms with E-state index in [9.17, 15) is 9.59 Å². The van der Waals surface area contributed by atoms with Gasteiger partial charge in [-0.25, -0.2) is 14.6 Å². The van der Waals surface area contributed by atoms with Gasteiger partial charge in [-0.1, -0.05) is 6.42 Å². The van der Waals surface area contributed by atoms with E-state index in [0.29, 0.717) is 26.4 Å². The van der Waals surface area contributed by atoms with E-state index < -0.39 is 0 Å². The molecule has 0 aromatic rings. The van der Waals surface area contributed by atoms with E-state index in [1.165, 1.54) is 12.5 Å². The maximum Gasteiger partial charge on any atom is 0.332 e. The highest BCUT2D eigenvalue weighted by Crippen LogP contribution is 2.07. The summed E-state index contributed by atoms with van der Waals surface area (Å²) >= 11 is 0. The number of nitrogens with one attached hydrogen (secondary N) is 1. The van der Waals surface area contributed by atoms with Gasteiger partial charge in [-0.2, -0.15) is 0 Å². The number of piperidine rings is 1. The highest BCUT2D eigenvalue weighted by Gasteiger charge is 2.22. The summed E-state index contributed by atoms with van der Waals surface area (Å²) in [4.78, 5) is 26.1. The highest BCUT2D eigenvalue weighted by atomic mass is 16.5. The summed E-state index contributed by atoms with van der Waals surface area (Å²) in [5, 5.41) is 2.02. The molecule has 7 nitrogen and oxygen atoms in total. The predicted molar refractivity (Wildman–Crippen MR) is 78.2 cm³/mol. The number of hydrogen-bond donors (Lipinski definition) is 1. The lowest BCUT2D eigenvalue weighted by molar-refractivity contribution is 0.0177. The molecule has 0 aromatic heterocycles. The highest BCUT2D eigenvalue weighted by molar-refractivity contribution is 5.73. The lowest BCUT2D eigenvalue weighted by Gasteiger charge is -2.36. The number of piperazine rings is 1. The van der Waals surface area contributed by atoms with E-state index in [0.717, 1.165) is 39.0 Å². The normalized spacial score (nSPS) is 20.9. The third-order valence-electron chi connectivity index (χ3n) is 3.83. The first-order valence-corrected chi connectivity index (χ1v) is 7.59. The summed E-state index contributed by atoms with van der Waals surface area (Å²) in [6, 6.07) is 0.00126. The Balaban J connectivity index is 1.63. The van der Waals surface area contributed by atoms with E-state index in [2.05, 4.69) is 10.3 Å². The smallest absolute Gasteiger partial charge is 0.332 e. The Kier molecular flexibility index (Phi) is 6.69. The summed E-state index contributed by atoms with van der Waals surface area (Å²) < 4.78 is 5.31. The van der Waals surface area contributed by atoms with E-state index in [4.69, 9.17) is 4.74 Å². The molecule has 0 bridgehead atoms. The molecule has 0 unspecified atom stereocenters. The molecule has 7 heteroatoms. The van der Waals surface area contributed by atoms with Gasteiger partial charge in [-0.05, 0) is 12.8 Å². The first-order valence-electron chi connectivity index (χ1n) is 7.59. The third kappa shape index (κ3) is 5.47. The Hall–Kier alpha value is -1.40. The monoisotopic (exact) mass is 296 g/mol. The minimum absolute atomic E-state index is 0.00126. The molecule has 1 N–H and O–H groups in total. The minimum atomic E-state index is 0.00126. The van der Waals surface area contributed by atoms with Crippen molar-refractivity contribution >= 4 is 12.0 Å². The van der Waals surface area contributed by atoms with Crippen molar-refractivity contribution in [2.75, 3.05) is 52.6 Å². The zero-order valence-electron chi connectivity index (χ0n) is 12.4. The topological polar surface area (TPSA) is 65.1 Å². The molecular weight excluding hydrogens is 272 g/mol. The summed E-state index contributed by atoms with van der Waals surface area (Å²) in [6.45, 7) is 5.65. The first-order chi connectivity index (χ1) is 10.3. The van der Waals surface area contributed by atoms with Gasteiger partial charge in [0.15, 0.2) is 0 Å². The van der Waals surface area contributed by atoms with Crippen LogP contribution in [0, 0.1) is 0 Å². The Morgan fingerprint density at radius 2 is 1.81 bits per heavy atom. The lowest BCUT2D eigenvalue weighted by Crippen LogP contribution is -2.56. The molecule has 0 aromatic carbocycles. The molecular formula is C14H24N4O3. The van der Waals surface area contributed by atoms with Crippen molar-refractivity contribution in [2.45, 2.75) is 19.3 Å². The number of carbonyl (C=O) groups excluding carboxylic acids is 2. The molecule has 0 atom stereocenters. The van der Waals surface area contributed by atoms with Gasteiger partial charge < -0.3 is 9.64 Å². The molecule has 21 heavy (non-hydrogen) atoms. The van der Waals surface area contributed by atoms with Crippen molar-refractivity contribution in [1.29, 1.82) is 0 Å². The van der Waals surface area contributed by atoms with Crippen LogP contribution in [0.5, 0.6) is 0 Å². The molecule has 2 saturated heterocycles. The van der Waals surface area contributed by atoms with E-state index in [1.807, 2.05) is 9.91 Å². The van der Waals surface area contributed by atoms with Crippen LogP contribution in [-0.4, -0.2) is 79.4 Å². The second kappa shape index (κ2) is 8.79. The molecule has 2 fully saturated rings. The zero-order valence-corrected chi connectivity index (χ0v) is 12.4. The van der Waals surface area contributed by atoms with Gasteiger partial charge in [0, 0.05) is 45.3 Å². The minimum Gasteiger partial charge on any atom is -0.361 e. The van der Waals surface area contributed by atoms with Crippen molar-refractivity contribution < 1.29 is 14.3 Å². The van der Waals surface area contributed by atoms with Crippen LogP contribution in [-0.2, 0) is 9.53 Å². The van der Waals surface area contributed by atoms with Crippen LogP contribution in [0.4, 0.5) is 4.79 Å². The fourth-order valence-electron chi connectivity index (χ4n) is 2.57. The number of amides is 2. The summed E-state index contributed by atoms with van der Waals surface area (Å²) in [5.74, 6) is 1.68. The van der Waals surface area contributed by atoms with Gasteiger partial charge in [0.25, 0.3) is 0 Å². The molecule has 0 radical (unpaired) electrons. The van der Waals surface area contributed by atoms with Crippen molar-refractivity contribution in [1.82, 2.24) is 20.2 Å². The van der Waals surface area contributed by atoms with Gasteiger partial charge in [-0.15, -0.1) is 0 Å². The molecule has 0 spiro atoms. The van der Waals surface area contributed by atoms with E-state index in [-0.39, 0.29) is 6.03 Å². The summed E-state index contributed by atoms with van der Waals surface area (Å²) in [7, 11) is 0. The molecule has 2 heterocycles. The zero-order chi connectivity index (χ0) is 14.9. The van der Waals surface area contributed by atoms with Crippen LogP contribution in [0.3, 0.4) is 0 Å². The van der Waals surface area contributed by atoms with E-state index >= 15 is 0 Å².